The SMILES string of the molecule is COC(F)(F)C(F)N(C(=O)O)c1ccccc1. The van der Waals surface area contributed by atoms with Crippen molar-refractivity contribution in [3.8, 4) is 0 Å². The Balaban J connectivity index is 3.07. The summed E-state index contributed by atoms with van der Waals surface area (Å²) in [5.41, 5.74) is -0.204. The van der Waals surface area contributed by atoms with Gasteiger partial charge in [0.2, 0.25) is 0 Å². The predicted octanol–water partition coefficient (Wildman–Crippen LogP) is 2.71. The average molecular weight is 249 g/mol. The molecule has 0 aromatic heterocycles. The lowest BCUT2D eigenvalue weighted by Gasteiger charge is -2.27. The minimum atomic E-state index is -4.21. The number of carboxylic acid groups (broad SMARTS) is 1. The van der Waals surface area contributed by atoms with Crippen LogP contribution in [-0.4, -0.2) is 30.7 Å². The Kier molecular flexibility index (Phi) is 3.95. The molecule has 1 unspecified atom stereocenters. The van der Waals surface area contributed by atoms with E-state index < -0.39 is 18.5 Å². The van der Waals surface area contributed by atoms with Crippen LogP contribution < -0.4 is 4.90 Å². The van der Waals surface area contributed by atoms with Crippen molar-refractivity contribution in [1.29, 1.82) is 0 Å². The van der Waals surface area contributed by atoms with E-state index in [2.05, 4.69) is 4.74 Å². The second kappa shape index (κ2) is 5.05. The fourth-order valence-electron chi connectivity index (χ4n) is 1.17. The Hall–Kier alpha value is -1.76. The molecule has 0 saturated carbocycles. The normalized spacial score (nSPS) is 13.2. The first kappa shape index (κ1) is 13.3. The summed E-state index contributed by atoms with van der Waals surface area (Å²) >= 11 is 0. The summed E-state index contributed by atoms with van der Waals surface area (Å²) in [5, 5.41) is 8.75. The number of methoxy groups -OCH3 is 1. The molecule has 0 spiro atoms. The largest absolute Gasteiger partial charge is 0.465 e. The van der Waals surface area contributed by atoms with Gasteiger partial charge in [0.1, 0.15) is 0 Å². The number of para-hydroxylation sites is 1. The Labute approximate surface area is 95.2 Å². The van der Waals surface area contributed by atoms with Crippen LogP contribution in [0.25, 0.3) is 0 Å². The van der Waals surface area contributed by atoms with Gasteiger partial charge in [0.25, 0.3) is 6.30 Å². The number of halogens is 3. The number of carbonyl (C=O) groups is 1. The lowest BCUT2D eigenvalue weighted by Crippen LogP contribution is -2.48. The van der Waals surface area contributed by atoms with Crippen LogP contribution in [0.1, 0.15) is 0 Å². The molecular weight excluding hydrogens is 239 g/mol. The lowest BCUT2D eigenvalue weighted by atomic mass is 10.3. The summed E-state index contributed by atoms with van der Waals surface area (Å²) in [7, 11) is 0.595. The number of hydrogen-bond donors (Lipinski definition) is 1. The Morgan fingerprint density at radius 3 is 2.35 bits per heavy atom. The van der Waals surface area contributed by atoms with E-state index in [1.54, 1.807) is 6.07 Å². The van der Waals surface area contributed by atoms with Crippen LogP contribution >= 0.6 is 0 Å². The van der Waals surface area contributed by atoms with Gasteiger partial charge in [0.05, 0.1) is 5.69 Å². The van der Waals surface area contributed by atoms with Crippen LogP contribution in [0.4, 0.5) is 23.7 Å². The van der Waals surface area contributed by atoms with E-state index in [9.17, 15) is 18.0 Å². The number of anilines is 1. The van der Waals surface area contributed by atoms with Gasteiger partial charge in [-0.2, -0.15) is 8.78 Å². The topological polar surface area (TPSA) is 49.8 Å². The molecule has 1 rings (SSSR count). The molecule has 94 valence electrons. The van der Waals surface area contributed by atoms with E-state index in [1.165, 1.54) is 24.3 Å². The number of hydrogen-bond acceptors (Lipinski definition) is 2. The monoisotopic (exact) mass is 249 g/mol. The summed E-state index contributed by atoms with van der Waals surface area (Å²) in [6.45, 7) is 0. The number of amides is 1. The molecule has 1 N–H and O–H groups in total. The van der Waals surface area contributed by atoms with E-state index in [0.29, 0.717) is 7.11 Å². The smallest absolute Gasteiger partial charge is 0.414 e. The number of nitrogens with zero attached hydrogens (tertiary/aromatic N) is 1. The molecule has 1 atom stereocenters. The molecule has 0 radical (unpaired) electrons. The number of alkyl halides is 3. The number of rotatable bonds is 4. The highest BCUT2D eigenvalue weighted by Crippen LogP contribution is 2.29. The summed E-state index contributed by atoms with van der Waals surface area (Å²) in [6, 6.07) is 6.76. The fourth-order valence-corrected chi connectivity index (χ4v) is 1.17. The fraction of sp³-hybridized carbons (Fsp3) is 0.300. The Morgan fingerprint density at radius 1 is 1.41 bits per heavy atom. The molecule has 0 aliphatic heterocycles. The highest BCUT2D eigenvalue weighted by atomic mass is 19.3. The van der Waals surface area contributed by atoms with Crippen molar-refractivity contribution in [1.82, 2.24) is 0 Å². The van der Waals surface area contributed by atoms with E-state index >= 15 is 0 Å². The van der Waals surface area contributed by atoms with Crippen LogP contribution in [0.3, 0.4) is 0 Å². The zero-order valence-electron chi connectivity index (χ0n) is 8.81. The number of ether oxygens (including phenoxy) is 1. The van der Waals surface area contributed by atoms with Crippen molar-refractivity contribution in [2.24, 2.45) is 0 Å². The first-order valence-corrected chi connectivity index (χ1v) is 4.54. The molecule has 0 fully saturated rings. The maximum absolute atomic E-state index is 13.5. The molecule has 1 aromatic carbocycles. The van der Waals surface area contributed by atoms with Gasteiger partial charge in [-0.15, -0.1) is 0 Å². The van der Waals surface area contributed by atoms with E-state index in [0.717, 1.165) is 0 Å². The third-order valence-electron chi connectivity index (χ3n) is 2.02. The summed E-state index contributed by atoms with van der Waals surface area (Å²) in [5.74, 6) is 0. The van der Waals surface area contributed by atoms with Gasteiger partial charge < -0.3 is 9.84 Å². The molecule has 0 heterocycles. The molecule has 7 heteroatoms. The average Bonchev–Trinajstić information content (AvgIpc) is 2.30. The van der Waals surface area contributed by atoms with Gasteiger partial charge in [-0.25, -0.2) is 14.1 Å². The molecular formula is C10H10F3NO3. The second-order valence-corrected chi connectivity index (χ2v) is 3.09. The van der Waals surface area contributed by atoms with Crippen LogP contribution in [0, 0.1) is 0 Å². The molecule has 4 nitrogen and oxygen atoms in total. The van der Waals surface area contributed by atoms with Crippen molar-refractivity contribution >= 4 is 11.8 Å². The van der Waals surface area contributed by atoms with Crippen LogP contribution in [0.5, 0.6) is 0 Å². The molecule has 1 aromatic rings. The lowest BCUT2D eigenvalue weighted by molar-refractivity contribution is -0.257. The first-order valence-electron chi connectivity index (χ1n) is 4.54. The van der Waals surface area contributed by atoms with Gasteiger partial charge in [-0.1, -0.05) is 18.2 Å². The van der Waals surface area contributed by atoms with Gasteiger partial charge >= 0.3 is 12.2 Å². The quantitative estimate of drug-likeness (QED) is 0.834. The van der Waals surface area contributed by atoms with Crippen molar-refractivity contribution in [2.45, 2.75) is 12.4 Å². The van der Waals surface area contributed by atoms with E-state index in [1.807, 2.05) is 0 Å². The third-order valence-corrected chi connectivity index (χ3v) is 2.02. The number of benzene rings is 1. The Morgan fingerprint density at radius 2 is 1.94 bits per heavy atom. The molecule has 0 aliphatic carbocycles. The van der Waals surface area contributed by atoms with Crippen molar-refractivity contribution in [3.05, 3.63) is 30.3 Å². The Bertz CT molecular complexity index is 386. The van der Waals surface area contributed by atoms with Crippen molar-refractivity contribution in [3.63, 3.8) is 0 Å². The summed E-state index contributed by atoms with van der Waals surface area (Å²) in [6.07, 6.45) is -9.17. The zero-order valence-corrected chi connectivity index (χ0v) is 8.81. The standard InChI is InChI=1S/C10H10F3NO3/c1-17-10(12,13)8(11)14(9(15)16)7-5-3-2-4-6-7/h2-6,8H,1H3,(H,15,16). The molecule has 17 heavy (non-hydrogen) atoms. The van der Waals surface area contributed by atoms with Gasteiger partial charge in [-0.05, 0) is 12.1 Å². The van der Waals surface area contributed by atoms with E-state index in [4.69, 9.17) is 5.11 Å². The molecule has 0 saturated heterocycles. The summed E-state index contributed by atoms with van der Waals surface area (Å²) < 4.78 is 43.0. The minimum absolute atomic E-state index is 0.0937. The van der Waals surface area contributed by atoms with Gasteiger partial charge in [0.15, 0.2) is 0 Å². The van der Waals surface area contributed by atoms with Gasteiger partial charge in [0, 0.05) is 7.11 Å². The second-order valence-electron chi connectivity index (χ2n) is 3.09. The molecule has 0 bridgehead atoms. The highest BCUT2D eigenvalue weighted by Gasteiger charge is 2.47. The minimum Gasteiger partial charge on any atom is -0.465 e. The van der Waals surface area contributed by atoms with Crippen LogP contribution in [-0.2, 0) is 4.74 Å². The summed E-state index contributed by atoms with van der Waals surface area (Å²) in [4.78, 5) is 10.7. The first-order chi connectivity index (χ1) is 7.90. The van der Waals surface area contributed by atoms with Crippen molar-refractivity contribution in [2.75, 3.05) is 12.0 Å². The van der Waals surface area contributed by atoms with Gasteiger partial charge in [-0.3, -0.25) is 0 Å². The van der Waals surface area contributed by atoms with Crippen LogP contribution in [0.15, 0.2) is 30.3 Å². The van der Waals surface area contributed by atoms with Crippen molar-refractivity contribution < 1.29 is 27.8 Å². The third kappa shape index (κ3) is 2.88. The zero-order chi connectivity index (χ0) is 13.1. The molecule has 1 amide bonds. The maximum Gasteiger partial charge on any atom is 0.414 e. The highest BCUT2D eigenvalue weighted by molar-refractivity contribution is 5.86. The van der Waals surface area contributed by atoms with E-state index in [-0.39, 0.29) is 10.6 Å². The predicted molar refractivity (Wildman–Crippen MR) is 53.8 cm³/mol. The maximum atomic E-state index is 13.5. The van der Waals surface area contributed by atoms with Crippen LogP contribution in [0.2, 0.25) is 0 Å². The molecule has 0 aliphatic rings.